The van der Waals surface area contributed by atoms with Crippen LogP contribution in [0.2, 0.25) is 0 Å². The number of aromatic nitrogens is 2. The first kappa shape index (κ1) is 17.6. The average Bonchev–Trinajstić information content (AvgIpc) is 2.69. The largest absolute Gasteiger partial charge is 0.508 e. The third kappa shape index (κ3) is 3.99. The topological polar surface area (TPSA) is 73.3 Å². The highest BCUT2D eigenvalue weighted by molar-refractivity contribution is 7.97. The van der Waals surface area contributed by atoms with Crippen LogP contribution in [0.5, 0.6) is 5.75 Å². The fourth-order valence-electron chi connectivity index (χ4n) is 3.23. The SMILES string of the molecule is CNSc1ccc(Nc2nccc(N3CCCc4cc(O)ccc43)n2)cc1. The first-order valence-electron chi connectivity index (χ1n) is 8.86. The van der Waals surface area contributed by atoms with Crippen LogP contribution in [0, 0.1) is 0 Å². The van der Waals surface area contributed by atoms with Crippen molar-refractivity contribution < 1.29 is 5.11 Å². The minimum absolute atomic E-state index is 0.306. The van der Waals surface area contributed by atoms with Crippen LogP contribution >= 0.6 is 11.9 Å². The predicted molar refractivity (Wildman–Crippen MR) is 110 cm³/mol. The number of benzene rings is 2. The van der Waals surface area contributed by atoms with Gasteiger partial charge in [-0.1, -0.05) is 0 Å². The molecule has 4 rings (SSSR count). The van der Waals surface area contributed by atoms with Crippen LogP contribution in [0.25, 0.3) is 0 Å². The molecular formula is C20H21N5OS. The fraction of sp³-hybridized carbons (Fsp3) is 0.200. The molecule has 1 aliphatic rings. The van der Waals surface area contributed by atoms with E-state index in [1.54, 1.807) is 24.2 Å². The van der Waals surface area contributed by atoms with Gasteiger partial charge in [0.05, 0.1) is 0 Å². The maximum absolute atomic E-state index is 9.75. The van der Waals surface area contributed by atoms with Crippen molar-refractivity contribution in [2.24, 2.45) is 0 Å². The number of aromatic hydroxyl groups is 1. The lowest BCUT2D eigenvalue weighted by atomic mass is 10.0. The molecule has 0 radical (unpaired) electrons. The molecule has 0 unspecified atom stereocenters. The van der Waals surface area contributed by atoms with Crippen LogP contribution in [-0.2, 0) is 6.42 Å². The maximum atomic E-state index is 9.75. The molecule has 0 amide bonds. The monoisotopic (exact) mass is 379 g/mol. The van der Waals surface area contributed by atoms with E-state index in [0.29, 0.717) is 11.7 Å². The molecule has 0 saturated carbocycles. The maximum Gasteiger partial charge on any atom is 0.229 e. The van der Waals surface area contributed by atoms with Gasteiger partial charge in [0.15, 0.2) is 0 Å². The number of phenolic OH excluding ortho intramolecular Hbond substituents is 1. The summed E-state index contributed by atoms with van der Waals surface area (Å²) in [5.74, 6) is 1.72. The number of fused-ring (bicyclic) bond motifs is 1. The summed E-state index contributed by atoms with van der Waals surface area (Å²) in [5.41, 5.74) is 3.18. The summed E-state index contributed by atoms with van der Waals surface area (Å²) in [6.45, 7) is 0.893. The molecule has 6 nitrogen and oxygen atoms in total. The van der Waals surface area contributed by atoms with Gasteiger partial charge in [-0.2, -0.15) is 4.98 Å². The van der Waals surface area contributed by atoms with Gasteiger partial charge >= 0.3 is 0 Å². The molecule has 2 aromatic carbocycles. The first-order chi connectivity index (χ1) is 13.2. The zero-order valence-electron chi connectivity index (χ0n) is 15.0. The second-order valence-corrected chi connectivity index (χ2v) is 7.35. The van der Waals surface area contributed by atoms with Gasteiger partial charge in [0.25, 0.3) is 0 Å². The smallest absolute Gasteiger partial charge is 0.229 e. The van der Waals surface area contributed by atoms with E-state index < -0.39 is 0 Å². The van der Waals surface area contributed by atoms with Crippen molar-refractivity contribution in [2.45, 2.75) is 17.7 Å². The Bertz CT molecular complexity index is 932. The van der Waals surface area contributed by atoms with E-state index in [4.69, 9.17) is 4.98 Å². The Balaban J connectivity index is 1.56. The van der Waals surface area contributed by atoms with E-state index in [1.165, 1.54) is 0 Å². The number of phenols is 1. The molecule has 0 saturated heterocycles. The standard InChI is InChI=1S/C20H21N5OS/c1-21-27-17-7-4-15(5-8-17)23-20-22-11-10-19(24-20)25-12-2-3-14-13-16(26)6-9-18(14)25/h4-11,13,21,26H,2-3,12H2,1H3,(H,22,23,24). The Kier molecular flexibility index (Phi) is 5.13. The minimum Gasteiger partial charge on any atom is -0.508 e. The number of hydrogen-bond acceptors (Lipinski definition) is 7. The molecule has 1 aliphatic heterocycles. The van der Waals surface area contributed by atoms with Crippen molar-refractivity contribution in [3.63, 3.8) is 0 Å². The number of anilines is 4. The molecule has 0 spiro atoms. The van der Waals surface area contributed by atoms with E-state index >= 15 is 0 Å². The Morgan fingerprint density at radius 3 is 2.78 bits per heavy atom. The van der Waals surface area contributed by atoms with E-state index in [9.17, 15) is 5.11 Å². The van der Waals surface area contributed by atoms with Gasteiger partial charge in [-0.25, -0.2) is 4.98 Å². The molecule has 3 N–H and O–H groups in total. The summed E-state index contributed by atoms with van der Waals surface area (Å²) < 4.78 is 3.06. The Morgan fingerprint density at radius 1 is 1.11 bits per heavy atom. The molecule has 0 fully saturated rings. The van der Waals surface area contributed by atoms with Gasteiger partial charge in [0.2, 0.25) is 5.95 Å². The average molecular weight is 379 g/mol. The number of aryl methyl sites for hydroxylation is 1. The summed E-state index contributed by atoms with van der Waals surface area (Å²) >= 11 is 1.57. The number of nitrogens with zero attached hydrogens (tertiary/aromatic N) is 3. The van der Waals surface area contributed by atoms with Crippen molar-refractivity contribution in [3.05, 3.63) is 60.3 Å². The third-order valence-electron chi connectivity index (χ3n) is 4.43. The van der Waals surface area contributed by atoms with Gasteiger partial charge in [0.1, 0.15) is 11.6 Å². The summed E-state index contributed by atoms with van der Waals surface area (Å²) in [4.78, 5) is 12.4. The Morgan fingerprint density at radius 2 is 1.96 bits per heavy atom. The number of nitrogens with one attached hydrogen (secondary N) is 2. The van der Waals surface area contributed by atoms with Crippen molar-refractivity contribution in [3.8, 4) is 5.75 Å². The van der Waals surface area contributed by atoms with Crippen LogP contribution in [-0.4, -0.2) is 28.7 Å². The zero-order valence-corrected chi connectivity index (χ0v) is 15.8. The quantitative estimate of drug-likeness (QED) is 0.573. The molecule has 2 heterocycles. The first-order valence-corrected chi connectivity index (χ1v) is 9.68. The van der Waals surface area contributed by atoms with E-state index in [1.807, 2.05) is 49.5 Å². The van der Waals surface area contributed by atoms with Crippen LogP contribution in [0.1, 0.15) is 12.0 Å². The van der Waals surface area contributed by atoms with Gasteiger partial charge in [-0.3, -0.25) is 4.72 Å². The fourth-order valence-corrected chi connectivity index (χ4v) is 3.74. The van der Waals surface area contributed by atoms with Crippen molar-refractivity contribution >= 4 is 35.1 Å². The molecule has 3 aromatic rings. The van der Waals surface area contributed by atoms with Gasteiger partial charge < -0.3 is 15.3 Å². The molecule has 0 atom stereocenters. The number of rotatable bonds is 5. The van der Waals surface area contributed by atoms with Crippen LogP contribution in [0.15, 0.2) is 59.6 Å². The highest BCUT2D eigenvalue weighted by Gasteiger charge is 2.20. The molecular weight excluding hydrogens is 358 g/mol. The van der Waals surface area contributed by atoms with Gasteiger partial charge in [-0.05, 0) is 85.9 Å². The predicted octanol–water partition coefficient (Wildman–Crippen LogP) is 4.24. The lowest BCUT2D eigenvalue weighted by molar-refractivity contribution is 0.474. The highest BCUT2D eigenvalue weighted by Crippen LogP contribution is 2.34. The normalized spacial score (nSPS) is 13.3. The van der Waals surface area contributed by atoms with Gasteiger partial charge in [-0.15, -0.1) is 0 Å². The van der Waals surface area contributed by atoms with E-state index in [-0.39, 0.29) is 0 Å². The molecule has 27 heavy (non-hydrogen) atoms. The Labute approximate surface area is 162 Å². The van der Waals surface area contributed by atoms with Crippen LogP contribution in [0.4, 0.5) is 23.1 Å². The summed E-state index contributed by atoms with van der Waals surface area (Å²) in [5, 5.41) is 13.0. The second-order valence-electron chi connectivity index (χ2n) is 6.26. The molecule has 1 aromatic heterocycles. The van der Waals surface area contributed by atoms with Crippen molar-refractivity contribution in [1.82, 2.24) is 14.7 Å². The van der Waals surface area contributed by atoms with E-state index in [2.05, 4.69) is 19.9 Å². The lowest BCUT2D eigenvalue weighted by Crippen LogP contribution is -2.25. The van der Waals surface area contributed by atoms with Crippen LogP contribution < -0.4 is 14.9 Å². The molecule has 7 heteroatoms. The van der Waals surface area contributed by atoms with Gasteiger partial charge in [0, 0.05) is 29.0 Å². The molecule has 138 valence electrons. The second kappa shape index (κ2) is 7.85. The Hall–Kier alpha value is -2.77. The van der Waals surface area contributed by atoms with Crippen LogP contribution in [0.3, 0.4) is 0 Å². The summed E-state index contributed by atoms with van der Waals surface area (Å²) in [7, 11) is 1.90. The number of hydrogen-bond donors (Lipinski definition) is 3. The summed E-state index contributed by atoms with van der Waals surface area (Å²) in [6.07, 6.45) is 3.76. The van der Waals surface area contributed by atoms with Crippen molar-refractivity contribution in [2.75, 3.05) is 23.8 Å². The molecule has 0 aliphatic carbocycles. The summed E-state index contributed by atoms with van der Waals surface area (Å²) in [6, 6.07) is 15.5. The van der Waals surface area contributed by atoms with E-state index in [0.717, 1.165) is 47.0 Å². The van der Waals surface area contributed by atoms with Crippen molar-refractivity contribution in [1.29, 1.82) is 0 Å². The highest BCUT2D eigenvalue weighted by atomic mass is 32.2. The molecule has 0 bridgehead atoms. The zero-order chi connectivity index (χ0) is 18.6. The third-order valence-corrected chi connectivity index (χ3v) is 5.14. The minimum atomic E-state index is 0.306. The lowest BCUT2D eigenvalue weighted by Gasteiger charge is -2.30.